The minimum Gasteiger partial charge on any atom is -0.299 e. The monoisotopic (exact) mass is 175 g/mol. The summed E-state index contributed by atoms with van der Waals surface area (Å²) in [5, 5.41) is 0. The molecule has 0 amide bonds. The maximum absolute atomic E-state index is 11.6. The molecule has 0 unspecified atom stereocenters. The van der Waals surface area contributed by atoms with Crippen LogP contribution in [0.25, 0.3) is 0 Å². The van der Waals surface area contributed by atoms with Crippen LogP contribution in [0.5, 0.6) is 0 Å². The van der Waals surface area contributed by atoms with E-state index >= 15 is 0 Å². The Kier molecular flexibility index (Phi) is 1.72. The maximum atomic E-state index is 11.6. The Morgan fingerprint density at radius 3 is 3.00 bits per heavy atom. The fraction of sp³-hybridized carbons (Fsp3) is 0.455. The first-order valence-electron chi connectivity index (χ1n) is 4.56. The van der Waals surface area contributed by atoms with Crippen LogP contribution < -0.4 is 0 Å². The van der Waals surface area contributed by atoms with E-state index in [0.29, 0.717) is 12.2 Å². The molecule has 0 radical (unpaired) electrons. The van der Waals surface area contributed by atoms with Gasteiger partial charge in [0.15, 0.2) is 0 Å². The van der Waals surface area contributed by atoms with Crippen molar-refractivity contribution in [3.05, 3.63) is 29.6 Å². The molecule has 0 saturated carbocycles. The average Bonchev–Trinajstić information content (AvgIpc) is 2.06. The SMILES string of the molecule is CC1(C)Cc2cccnc2CC1=O. The Bertz CT molecular complexity index is 355. The molecule has 0 bridgehead atoms. The average molecular weight is 175 g/mol. The zero-order valence-corrected chi connectivity index (χ0v) is 8.00. The molecular formula is C11H13NO. The molecule has 68 valence electrons. The largest absolute Gasteiger partial charge is 0.299 e. The van der Waals surface area contributed by atoms with E-state index in [1.165, 1.54) is 5.56 Å². The molecule has 0 atom stereocenters. The van der Waals surface area contributed by atoms with Crippen molar-refractivity contribution in [2.75, 3.05) is 0 Å². The van der Waals surface area contributed by atoms with Crippen LogP contribution in [-0.2, 0) is 17.6 Å². The van der Waals surface area contributed by atoms with Crippen LogP contribution in [0.1, 0.15) is 25.1 Å². The summed E-state index contributed by atoms with van der Waals surface area (Å²) in [6.07, 6.45) is 3.09. The predicted molar refractivity (Wildman–Crippen MR) is 50.4 cm³/mol. The van der Waals surface area contributed by atoms with Crippen LogP contribution in [0.4, 0.5) is 0 Å². The minimum atomic E-state index is -0.198. The third-order valence-electron chi connectivity index (χ3n) is 2.70. The van der Waals surface area contributed by atoms with Gasteiger partial charge in [-0.1, -0.05) is 19.9 Å². The number of aromatic nitrogens is 1. The molecule has 0 aromatic carbocycles. The summed E-state index contributed by atoms with van der Waals surface area (Å²) in [7, 11) is 0. The van der Waals surface area contributed by atoms with Crippen LogP contribution in [0.15, 0.2) is 18.3 Å². The third-order valence-corrected chi connectivity index (χ3v) is 2.70. The van der Waals surface area contributed by atoms with E-state index in [1.807, 2.05) is 19.9 Å². The first-order chi connectivity index (χ1) is 6.09. The Morgan fingerprint density at radius 1 is 1.46 bits per heavy atom. The van der Waals surface area contributed by atoms with Crippen LogP contribution in [-0.4, -0.2) is 10.8 Å². The molecule has 2 nitrogen and oxygen atoms in total. The molecule has 0 fully saturated rings. The Balaban J connectivity index is 2.44. The van der Waals surface area contributed by atoms with E-state index in [4.69, 9.17) is 0 Å². The lowest BCUT2D eigenvalue weighted by molar-refractivity contribution is -0.127. The van der Waals surface area contributed by atoms with Crippen LogP contribution in [0.2, 0.25) is 0 Å². The number of Topliss-reactive ketones (excluding diaryl/α,β-unsaturated/α-hetero) is 1. The van der Waals surface area contributed by atoms with Crippen molar-refractivity contribution >= 4 is 5.78 Å². The zero-order valence-electron chi connectivity index (χ0n) is 8.00. The molecule has 0 saturated heterocycles. The van der Waals surface area contributed by atoms with E-state index in [1.54, 1.807) is 6.20 Å². The van der Waals surface area contributed by atoms with Gasteiger partial charge in [0.25, 0.3) is 0 Å². The number of rotatable bonds is 0. The van der Waals surface area contributed by atoms with Crippen molar-refractivity contribution < 1.29 is 4.79 Å². The van der Waals surface area contributed by atoms with E-state index < -0.39 is 0 Å². The normalized spacial score (nSPS) is 19.7. The molecule has 1 aromatic heterocycles. The summed E-state index contributed by atoms with van der Waals surface area (Å²) in [6.45, 7) is 4.01. The Labute approximate surface area is 78.0 Å². The second-order valence-electron chi connectivity index (χ2n) is 4.27. The third kappa shape index (κ3) is 1.37. The molecule has 1 aliphatic rings. The van der Waals surface area contributed by atoms with Crippen LogP contribution >= 0.6 is 0 Å². The topological polar surface area (TPSA) is 30.0 Å². The molecule has 0 aliphatic heterocycles. The van der Waals surface area contributed by atoms with E-state index in [9.17, 15) is 4.79 Å². The Hall–Kier alpha value is -1.18. The summed E-state index contributed by atoms with van der Waals surface area (Å²) in [5.41, 5.74) is 2.00. The van der Waals surface area contributed by atoms with Gasteiger partial charge in [0.1, 0.15) is 5.78 Å². The number of pyridine rings is 1. The van der Waals surface area contributed by atoms with Gasteiger partial charge in [-0.3, -0.25) is 9.78 Å². The summed E-state index contributed by atoms with van der Waals surface area (Å²) in [5.74, 6) is 0.304. The maximum Gasteiger partial charge on any atom is 0.144 e. The molecule has 0 spiro atoms. The van der Waals surface area contributed by atoms with Crippen molar-refractivity contribution in [1.29, 1.82) is 0 Å². The highest BCUT2D eigenvalue weighted by molar-refractivity contribution is 5.87. The summed E-state index contributed by atoms with van der Waals surface area (Å²) >= 11 is 0. The minimum absolute atomic E-state index is 0.198. The number of ketones is 1. The number of hydrogen-bond acceptors (Lipinski definition) is 2. The number of nitrogens with zero attached hydrogens (tertiary/aromatic N) is 1. The first-order valence-corrected chi connectivity index (χ1v) is 4.56. The van der Waals surface area contributed by atoms with Crippen LogP contribution in [0, 0.1) is 5.41 Å². The molecule has 2 rings (SSSR count). The van der Waals surface area contributed by atoms with Crippen molar-refractivity contribution in [3.63, 3.8) is 0 Å². The van der Waals surface area contributed by atoms with Crippen molar-refractivity contribution in [3.8, 4) is 0 Å². The number of hydrogen-bond donors (Lipinski definition) is 0. The summed E-state index contributed by atoms with van der Waals surface area (Å²) in [6, 6.07) is 4.00. The first kappa shape index (κ1) is 8.42. The fourth-order valence-electron chi connectivity index (χ4n) is 1.76. The fourth-order valence-corrected chi connectivity index (χ4v) is 1.76. The highest BCUT2D eigenvalue weighted by Crippen LogP contribution is 2.30. The second kappa shape index (κ2) is 2.66. The highest BCUT2D eigenvalue weighted by Gasteiger charge is 2.33. The second-order valence-corrected chi connectivity index (χ2v) is 4.27. The van der Waals surface area contributed by atoms with E-state index in [2.05, 4.69) is 11.1 Å². The lowest BCUT2D eigenvalue weighted by atomic mass is 9.75. The molecule has 2 heteroatoms. The van der Waals surface area contributed by atoms with Gasteiger partial charge < -0.3 is 0 Å². The highest BCUT2D eigenvalue weighted by atomic mass is 16.1. The van der Waals surface area contributed by atoms with Gasteiger partial charge >= 0.3 is 0 Å². The Morgan fingerprint density at radius 2 is 2.23 bits per heavy atom. The smallest absolute Gasteiger partial charge is 0.144 e. The zero-order chi connectivity index (χ0) is 9.47. The number of fused-ring (bicyclic) bond motifs is 1. The van der Waals surface area contributed by atoms with Gasteiger partial charge in [-0.25, -0.2) is 0 Å². The van der Waals surface area contributed by atoms with Crippen molar-refractivity contribution in [2.45, 2.75) is 26.7 Å². The van der Waals surface area contributed by atoms with E-state index in [0.717, 1.165) is 12.1 Å². The molecule has 1 aliphatic carbocycles. The standard InChI is InChI=1S/C11H13NO/c1-11(2)7-8-4-3-5-12-9(8)6-10(11)13/h3-5H,6-7H2,1-2H3. The molecular weight excluding hydrogens is 162 g/mol. The predicted octanol–water partition coefficient (Wildman–Crippen LogP) is 1.78. The molecule has 0 N–H and O–H groups in total. The number of carbonyl (C=O) groups excluding carboxylic acids is 1. The van der Waals surface area contributed by atoms with Gasteiger partial charge in [0, 0.05) is 18.0 Å². The quantitative estimate of drug-likeness (QED) is 0.601. The van der Waals surface area contributed by atoms with E-state index in [-0.39, 0.29) is 5.41 Å². The summed E-state index contributed by atoms with van der Waals surface area (Å²) < 4.78 is 0. The molecule has 1 heterocycles. The van der Waals surface area contributed by atoms with Gasteiger partial charge in [0.05, 0.1) is 5.69 Å². The summed E-state index contributed by atoms with van der Waals surface area (Å²) in [4.78, 5) is 15.9. The van der Waals surface area contributed by atoms with Crippen molar-refractivity contribution in [1.82, 2.24) is 4.98 Å². The van der Waals surface area contributed by atoms with Gasteiger partial charge in [0.2, 0.25) is 0 Å². The lowest BCUT2D eigenvalue weighted by Crippen LogP contribution is -2.33. The van der Waals surface area contributed by atoms with Gasteiger partial charge in [-0.15, -0.1) is 0 Å². The van der Waals surface area contributed by atoms with Crippen molar-refractivity contribution in [2.24, 2.45) is 5.41 Å². The van der Waals surface area contributed by atoms with Crippen LogP contribution in [0.3, 0.4) is 0 Å². The van der Waals surface area contributed by atoms with Gasteiger partial charge in [-0.05, 0) is 18.1 Å². The lowest BCUT2D eigenvalue weighted by Gasteiger charge is -2.28. The van der Waals surface area contributed by atoms with Gasteiger partial charge in [-0.2, -0.15) is 0 Å². The molecule has 13 heavy (non-hydrogen) atoms. The molecule has 1 aromatic rings. The number of carbonyl (C=O) groups is 1.